The second kappa shape index (κ2) is 6.27. The molecule has 0 saturated carbocycles. The van der Waals surface area contributed by atoms with Crippen molar-refractivity contribution in [1.29, 1.82) is 0 Å². The van der Waals surface area contributed by atoms with Crippen molar-refractivity contribution in [2.75, 3.05) is 19.5 Å². The minimum atomic E-state index is -0.646. The number of carbonyl (C=O) groups is 2. The molecule has 0 aromatic heterocycles. The number of anilines is 1. The number of amides is 1. The molecule has 0 aliphatic carbocycles. The molecule has 0 radical (unpaired) electrons. The van der Waals surface area contributed by atoms with Crippen LogP contribution in [0.3, 0.4) is 0 Å². The summed E-state index contributed by atoms with van der Waals surface area (Å²) in [7, 11) is 2.88. The number of aldehydes is 1. The maximum absolute atomic E-state index is 11.7. The highest BCUT2D eigenvalue weighted by atomic mass is 16.6. The third-order valence-electron chi connectivity index (χ3n) is 2.34. The number of carbonyl (C=O) groups excluding carboxylic acids is 2. The molecule has 20 heavy (non-hydrogen) atoms. The van der Waals surface area contributed by atoms with Gasteiger partial charge in [-0.05, 0) is 32.9 Å². The fourth-order valence-corrected chi connectivity index (χ4v) is 1.59. The van der Waals surface area contributed by atoms with Gasteiger partial charge in [0.05, 0.1) is 25.5 Å². The summed E-state index contributed by atoms with van der Waals surface area (Å²) >= 11 is 0. The summed E-state index contributed by atoms with van der Waals surface area (Å²) in [6, 6.07) is 3.15. The van der Waals surface area contributed by atoms with E-state index in [1.807, 2.05) is 0 Å². The SMILES string of the molecule is COc1ccc(NC(=O)OC(C)(C)C)c(C=O)c1OC. The Kier molecular flexibility index (Phi) is 4.96. The van der Waals surface area contributed by atoms with Crippen molar-refractivity contribution in [2.24, 2.45) is 0 Å². The lowest BCUT2D eigenvalue weighted by Gasteiger charge is -2.20. The molecule has 0 saturated heterocycles. The minimum absolute atomic E-state index is 0.192. The molecule has 0 aliphatic rings. The van der Waals surface area contributed by atoms with Crippen molar-refractivity contribution in [3.8, 4) is 11.5 Å². The van der Waals surface area contributed by atoms with Gasteiger partial charge in [-0.2, -0.15) is 0 Å². The van der Waals surface area contributed by atoms with Gasteiger partial charge in [0, 0.05) is 0 Å². The lowest BCUT2D eigenvalue weighted by molar-refractivity contribution is 0.0636. The van der Waals surface area contributed by atoms with Crippen LogP contribution < -0.4 is 14.8 Å². The third-order valence-corrected chi connectivity index (χ3v) is 2.34. The molecule has 0 unspecified atom stereocenters. The smallest absolute Gasteiger partial charge is 0.412 e. The fraction of sp³-hybridized carbons (Fsp3) is 0.429. The number of hydrogen-bond donors (Lipinski definition) is 1. The molecule has 1 aromatic carbocycles. The van der Waals surface area contributed by atoms with Gasteiger partial charge in [0.2, 0.25) is 0 Å². The molecule has 6 heteroatoms. The Bertz CT molecular complexity index is 505. The van der Waals surface area contributed by atoms with Gasteiger partial charge in [-0.1, -0.05) is 0 Å². The molecule has 110 valence electrons. The number of ether oxygens (including phenoxy) is 3. The predicted octanol–water partition coefficient (Wildman–Crippen LogP) is 2.86. The lowest BCUT2D eigenvalue weighted by Crippen LogP contribution is -2.27. The first-order valence-corrected chi connectivity index (χ1v) is 6.02. The summed E-state index contributed by atoms with van der Waals surface area (Å²) in [4.78, 5) is 22.9. The predicted molar refractivity (Wildman–Crippen MR) is 74.8 cm³/mol. The highest BCUT2D eigenvalue weighted by Gasteiger charge is 2.20. The van der Waals surface area contributed by atoms with Crippen LogP contribution in [-0.2, 0) is 4.74 Å². The maximum atomic E-state index is 11.7. The average Bonchev–Trinajstić information content (AvgIpc) is 2.35. The summed E-state index contributed by atoms with van der Waals surface area (Å²) in [5.74, 6) is 0.667. The summed E-state index contributed by atoms with van der Waals surface area (Å²) in [5.41, 5.74) is -0.133. The number of nitrogens with one attached hydrogen (secondary N) is 1. The summed E-state index contributed by atoms with van der Waals surface area (Å²) in [6.45, 7) is 5.26. The minimum Gasteiger partial charge on any atom is -0.493 e. The first kappa shape index (κ1) is 15.8. The zero-order valence-electron chi connectivity index (χ0n) is 12.3. The highest BCUT2D eigenvalue weighted by Crippen LogP contribution is 2.35. The van der Waals surface area contributed by atoms with Crippen molar-refractivity contribution in [3.05, 3.63) is 17.7 Å². The van der Waals surface area contributed by atoms with E-state index in [2.05, 4.69) is 5.32 Å². The highest BCUT2D eigenvalue weighted by molar-refractivity contribution is 5.96. The molecule has 6 nitrogen and oxygen atoms in total. The maximum Gasteiger partial charge on any atom is 0.412 e. The summed E-state index contributed by atoms with van der Waals surface area (Å²) in [5, 5.41) is 2.52. The van der Waals surface area contributed by atoms with Crippen LogP contribution >= 0.6 is 0 Å². The summed E-state index contributed by atoms with van der Waals surface area (Å²) in [6.07, 6.45) is -0.0542. The van der Waals surface area contributed by atoms with Crippen LogP contribution in [0.5, 0.6) is 11.5 Å². The van der Waals surface area contributed by atoms with Gasteiger partial charge in [0.1, 0.15) is 5.60 Å². The molecule has 1 aromatic rings. The average molecular weight is 281 g/mol. The first-order chi connectivity index (χ1) is 9.32. The first-order valence-electron chi connectivity index (χ1n) is 6.02. The lowest BCUT2D eigenvalue weighted by atomic mass is 10.1. The van der Waals surface area contributed by atoms with Crippen LogP contribution in [0.4, 0.5) is 10.5 Å². The van der Waals surface area contributed by atoms with Crippen LogP contribution in [0.2, 0.25) is 0 Å². The van der Waals surface area contributed by atoms with Crippen molar-refractivity contribution in [1.82, 2.24) is 0 Å². The molecule has 0 atom stereocenters. The molecular formula is C14H19NO5. The molecule has 0 fully saturated rings. The van der Waals surface area contributed by atoms with Crippen molar-refractivity contribution in [2.45, 2.75) is 26.4 Å². The van der Waals surface area contributed by atoms with Gasteiger partial charge < -0.3 is 14.2 Å². The quantitative estimate of drug-likeness (QED) is 0.859. The Balaban J connectivity index is 3.07. The number of hydrogen-bond acceptors (Lipinski definition) is 5. The van der Waals surface area contributed by atoms with Crippen LogP contribution in [0, 0.1) is 0 Å². The summed E-state index contributed by atoms with van der Waals surface area (Å²) < 4.78 is 15.4. The Morgan fingerprint density at radius 2 is 1.85 bits per heavy atom. The molecule has 1 N–H and O–H groups in total. The fourth-order valence-electron chi connectivity index (χ4n) is 1.59. The van der Waals surface area contributed by atoms with Gasteiger partial charge >= 0.3 is 6.09 Å². The second-order valence-corrected chi connectivity index (χ2v) is 5.01. The Labute approximate surface area is 118 Å². The molecule has 0 heterocycles. The van der Waals surface area contributed by atoms with E-state index in [4.69, 9.17) is 14.2 Å². The molecular weight excluding hydrogens is 262 g/mol. The monoisotopic (exact) mass is 281 g/mol. The van der Waals surface area contributed by atoms with Crippen LogP contribution in [0.25, 0.3) is 0 Å². The van der Waals surface area contributed by atoms with Crippen LogP contribution in [0.15, 0.2) is 12.1 Å². The zero-order chi connectivity index (χ0) is 15.3. The van der Waals surface area contributed by atoms with Crippen LogP contribution in [0.1, 0.15) is 31.1 Å². The van der Waals surface area contributed by atoms with Crippen molar-refractivity contribution < 1.29 is 23.8 Å². The van der Waals surface area contributed by atoms with Gasteiger partial charge in [-0.15, -0.1) is 0 Å². The van der Waals surface area contributed by atoms with Crippen LogP contribution in [-0.4, -0.2) is 32.2 Å². The Morgan fingerprint density at radius 3 is 2.30 bits per heavy atom. The van der Waals surface area contributed by atoms with Gasteiger partial charge in [0.15, 0.2) is 17.8 Å². The zero-order valence-corrected chi connectivity index (χ0v) is 12.3. The molecule has 0 spiro atoms. The van der Waals surface area contributed by atoms with E-state index in [0.29, 0.717) is 17.7 Å². The largest absolute Gasteiger partial charge is 0.493 e. The van der Waals surface area contributed by atoms with E-state index < -0.39 is 11.7 Å². The molecule has 0 aliphatic heterocycles. The second-order valence-electron chi connectivity index (χ2n) is 5.01. The molecule has 1 amide bonds. The third kappa shape index (κ3) is 3.88. The van der Waals surface area contributed by atoms with E-state index in [1.54, 1.807) is 32.9 Å². The number of benzene rings is 1. The van der Waals surface area contributed by atoms with E-state index in [-0.39, 0.29) is 11.3 Å². The van der Waals surface area contributed by atoms with E-state index in [9.17, 15) is 9.59 Å². The standard InChI is InChI=1S/C14H19NO5/c1-14(2,3)20-13(17)15-10-6-7-11(18-4)12(19-5)9(10)8-16/h6-8H,1-5H3,(H,15,17). The Morgan fingerprint density at radius 1 is 1.20 bits per heavy atom. The van der Waals surface area contributed by atoms with Gasteiger partial charge in [-0.3, -0.25) is 10.1 Å². The van der Waals surface area contributed by atoms with E-state index in [1.165, 1.54) is 14.2 Å². The molecule has 1 rings (SSSR count). The van der Waals surface area contributed by atoms with Crippen molar-refractivity contribution in [3.63, 3.8) is 0 Å². The van der Waals surface area contributed by atoms with Crippen molar-refractivity contribution >= 4 is 18.1 Å². The van der Waals surface area contributed by atoms with Gasteiger partial charge in [0.25, 0.3) is 0 Å². The van der Waals surface area contributed by atoms with Gasteiger partial charge in [-0.25, -0.2) is 4.79 Å². The molecule has 0 bridgehead atoms. The van der Waals surface area contributed by atoms with E-state index >= 15 is 0 Å². The Hall–Kier alpha value is -2.24. The van der Waals surface area contributed by atoms with E-state index in [0.717, 1.165) is 0 Å². The topological polar surface area (TPSA) is 73.9 Å². The number of rotatable bonds is 4. The normalized spacial score (nSPS) is 10.7. The number of methoxy groups -OCH3 is 2.